The minimum atomic E-state index is 0.826. The van der Waals surface area contributed by atoms with Crippen LogP contribution in [0.2, 0.25) is 0 Å². The molecule has 0 fully saturated rings. The zero-order chi connectivity index (χ0) is 15.8. The van der Waals surface area contributed by atoms with Crippen molar-refractivity contribution >= 4 is 17.3 Å². The minimum absolute atomic E-state index is 0.826. The number of hydrogen-bond acceptors (Lipinski definition) is 4. The summed E-state index contributed by atoms with van der Waals surface area (Å²) in [6.07, 6.45) is 3.77. The molecule has 2 N–H and O–H groups in total. The first-order chi connectivity index (χ1) is 10.7. The molecule has 0 amide bonds. The van der Waals surface area contributed by atoms with Crippen LogP contribution in [-0.4, -0.2) is 36.1 Å². The largest absolute Gasteiger partial charge is 0.356 e. The molecule has 0 aliphatic rings. The fourth-order valence-corrected chi connectivity index (χ4v) is 2.67. The highest BCUT2D eigenvalue weighted by atomic mass is 32.1. The molecule has 0 unspecified atom stereocenters. The molecule has 118 valence electrons. The second-order valence-corrected chi connectivity index (χ2v) is 6.15. The number of aliphatic imine (C=N–C) groups is 1. The highest BCUT2D eigenvalue weighted by molar-refractivity contribution is 7.09. The van der Waals surface area contributed by atoms with Crippen LogP contribution in [0.5, 0.6) is 0 Å². The number of aromatic nitrogens is 2. The van der Waals surface area contributed by atoms with E-state index in [4.69, 9.17) is 0 Å². The summed E-state index contributed by atoms with van der Waals surface area (Å²) in [5, 5.41) is 9.85. The van der Waals surface area contributed by atoms with Gasteiger partial charge in [0.05, 0.1) is 10.7 Å². The van der Waals surface area contributed by atoms with E-state index in [-0.39, 0.29) is 0 Å². The van der Waals surface area contributed by atoms with Crippen LogP contribution in [0.15, 0.2) is 28.7 Å². The van der Waals surface area contributed by atoms with Gasteiger partial charge in [-0.25, -0.2) is 4.98 Å². The first kappa shape index (κ1) is 16.4. The predicted molar refractivity (Wildman–Crippen MR) is 92.6 cm³/mol. The highest BCUT2D eigenvalue weighted by Crippen LogP contribution is 2.07. The molecule has 0 saturated carbocycles. The van der Waals surface area contributed by atoms with Crippen LogP contribution in [0.25, 0.3) is 0 Å². The molecule has 2 rings (SSSR count). The Balaban J connectivity index is 1.67. The van der Waals surface area contributed by atoms with Crippen molar-refractivity contribution in [3.63, 3.8) is 0 Å². The van der Waals surface area contributed by atoms with E-state index >= 15 is 0 Å². The molecule has 0 spiro atoms. The standard InChI is InChI=1S/C16H23N5S/c1-12-4-5-14(10-20-12)6-8-18-16(17-3)19-9-7-15-11-22-13(2)21-15/h4-5,10-11H,6-9H2,1-3H3,(H2,17,18,19). The summed E-state index contributed by atoms with van der Waals surface area (Å²) in [6, 6.07) is 4.16. The van der Waals surface area contributed by atoms with Crippen molar-refractivity contribution in [1.82, 2.24) is 20.6 Å². The van der Waals surface area contributed by atoms with E-state index in [1.807, 2.05) is 26.1 Å². The van der Waals surface area contributed by atoms with Gasteiger partial charge in [0.25, 0.3) is 0 Å². The average molecular weight is 317 g/mol. The fourth-order valence-electron chi connectivity index (χ4n) is 2.02. The third kappa shape index (κ3) is 5.44. The van der Waals surface area contributed by atoms with Crippen molar-refractivity contribution in [2.45, 2.75) is 26.7 Å². The summed E-state index contributed by atoms with van der Waals surface area (Å²) in [5.74, 6) is 0.826. The van der Waals surface area contributed by atoms with Crippen molar-refractivity contribution < 1.29 is 0 Å². The Morgan fingerprint density at radius 3 is 2.55 bits per heavy atom. The van der Waals surface area contributed by atoms with Crippen LogP contribution in [0.4, 0.5) is 0 Å². The number of nitrogens with zero attached hydrogens (tertiary/aromatic N) is 3. The Morgan fingerprint density at radius 2 is 1.95 bits per heavy atom. The molecule has 6 heteroatoms. The zero-order valence-electron chi connectivity index (χ0n) is 13.4. The van der Waals surface area contributed by atoms with E-state index in [9.17, 15) is 0 Å². The van der Waals surface area contributed by atoms with Crippen LogP contribution in [-0.2, 0) is 12.8 Å². The lowest BCUT2D eigenvalue weighted by Crippen LogP contribution is -2.39. The molecule has 0 radical (unpaired) electrons. The molecule has 0 aliphatic heterocycles. The van der Waals surface area contributed by atoms with Gasteiger partial charge in [-0.3, -0.25) is 9.98 Å². The van der Waals surface area contributed by atoms with Crippen LogP contribution < -0.4 is 10.6 Å². The Hall–Kier alpha value is -1.95. The monoisotopic (exact) mass is 317 g/mol. The lowest BCUT2D eigenvalue weighted by Gasteiger charge is -2.11. The fraction of sp³-hybridized carbons (Fsp3) is 0.438. The predicted octanol–water partition coefficient (Wildman–Crippen LogP) is 2.11. The summed E-state index contributed by atoms with van der Waals surface area (Å²) >= 11 is 1.69. The number of thiazole rings is 1. The van der Waals surface area contributed by atoms with Crippen LogP contribution in [0.1, 0.15) is 22.0 Å². The Bertz CT molecular complexity index is 603. The summed E-state index contributed by atoms with van der Waals surface area (Å²) in [5.41, 5.74) is 3.41. The van der Waals surface area contributed by atoms with E-state index < -0.39 is 0 Å². The lowest BCUT2D eigenvalue weighted by molar-refractivity contribution is 0.776. The van der Waals surface area contributed by atoms with E-state index in [1.54, 1.807) is 18.4 Å². The normalized spacial score (nSPS) is 11.5. The van der Waals surface area contributed by atoms with Gasteiger partial charge < -0.3 is 10.6 Å². The number of aryl methyl sites for hydroxylation is 2. The molecule has 2 aromatic rings. The maximum atomic E-state index is 4.45. The Labute approximate surface area is 135 Å². The zero-order valence-corrected chi connectivity index (χ0v) is 14.2. The van der Waals surface area contributed by atoms with Crippen molar-refractivity contribution in [2.24, 2.45) is 4.99 Å². The summed E-state index contributed by atoms with van der Waals surface area (Å²) in [6.45, 7) is 5.69. The van der Waals surface area contributed by atoms with E-state index in [0.717, 1.165) is 48.3 Å². The van der Waals surface area contributed by atoms with Crippen LogP contribution >= 0.6 is 11.3 Å². The van der Waals surface area contributed by atoms with Gasteiger partial charge in [-0.2, -0.15) is 0 Å². The quantitative estimate of drug-likeness (QED) is 0.633. The van der Waals surface area contributed by atoms with E-state index in [0.29, 0.717) is 0 Å². The minimum Gasteiger partial charge on any atom is -0.356 e. The van der Waals surface area contributed by atoms with Crippen LogP contribution in [0.3, 0.4) is 0 Å². The molecule has 0 aliphatic carbocycles. The summed E-state index contributed by atoms with van der Waals surface area (Å²) in [7, 11) is 1.79. The number of hydrogen-bond donors (Lipinski definition) is 2. The molecule has 2 heterocycles. The Kier molecular flexibility index (Phi) is 6.33. The maximum absolute atomic E-state index is 4.45. The number of pyridine rings is 1. The van der Waals surface area contributed by atoms with Gasteiger partial charge in [0, 0.05) is 43.8 Å². The van der Waals surface area contributed by atoms with Gasteiger partial charge in [0.15, 0.2) is 5.96 Å². The second-order valence-electron chi connectivity index (χ2n) is 5.09. The van der Waals surface area contributed by atoms with Crippen molar-refractivity contribution in [3.05, 3.63) is 45.7 Å². The smallest absolute Gasteiger partial charge is 0.190 e. The van der Waals surface area contributed by atoms with Gasteiger partial charge >= 0.3 is 0 Å². The number of guanidine groups is 1. The van der Waals surface area contributed by atoms with Gasteiger partial charge in [-0.15, -0.1) is 11.3 Å². The number of rotatable bonds is 6. The molecular formula is C16H23N5S. The van der Waals surface area contributed by atoms with Gasteiger partial charge in [0.2, 0.25) is 0 Å². The topological polar surface area (TPSA) is 62.2 Å². The third-order valence-corrected chi connectivity index (χ3v) is 4.06. The third-order valence-electron chi connectivity index (χ3n) is 3.24. The number of nitrogens with one attached hydrogen (secondary N) is 2. The molecule has 5 nitrogen and oxygen atoms in total. The first-order valence-electron chi connectivity index (χ1n) is 7.44. The lowest BCUT2D eigenvalue weighted by atomic mass is 10.2. The van der Waals surface area contributed by atoms with Crippen molar-refractivity contribution in [3.8, 4) is 0 Å². The molecule has 0 atom stereocenters. The van der Waals surface area contributed by atoms with Crippen LogP contribution in [0, 0.1) is 13.8 Å². The summed E-state index contributed by atoms with van der Waals surface area (Å²) in [4.78, 5) is 13.0. The second kappa shape index (κ2) is 8.48. The molecule has 22 heavy (non-hydrogen) atoms. The van der Waals surface area contributed by atoms with Gasteiger partial charge in [0.1, 0.15) is 0 Å². The highest BCUT2D eigenvalue weighted by Gasteiger charge is 2.01. The van der Waals surface area contributed by atoms with Crippen molar-refractivity contribution in [1.29, 1.82) is 0 Å². The maximum Gasteiger partial charge on any atom is 0.190 e. The van der Waals surface area contributed by atoms with E-state index in [2.05, 4.69) is 37.0 Å². The molecular weight excluding hydrogens is 294 g/mol. The Morgan fingerprint density at radius 1 is 1.18 bits per heavy atom. The average Bonchev–Trinajstić information content (AvgIpc) is 2.93. The van der Waals surface area contributed by atoms with E-state index in [1.165, 1.54) is 5.56 Å². The van der Waals surface area contributed by atoms with Gasteiger partial charge in [-0.1, -0.05) is 6.07 Å². The SMILES string of the molecule is CN=C(NCCc1ccc(C)nc1)NCCc1csc(C)n1. The first-order valence-corrected chi connectivity index (χ1v) is 8.32. The molecule has 2 aromatic heterocycles. The molecule has 0 bridgehead atoms. The van der Waals surface area contributed by atoms with Crippen molar-refractivity contribution in [2.75, 3.05) is 20.1 Å². The molecule has 0 aromatic carbocycles. The molecule has 0 saturated heterocycles. The summed E-state index contributed by atoms with van der Waals surface area (Å²) < 4.78 is 0. The van der Waals surface area contributed by atoms with Gasteiger partial charge in [-0.05, 0) is 31.9 Å².